The normalized spacial score (nSPS) is 11.2. The summed E-state index contributed by atoms with van der Waals surface area (Å²) in [5.74, 6) is 1.46. The van der Waals surface area contributed by atoms with Crippen molar-refractivity contribution in [2.24, 2.45) is 0 Å². The monoisotopic (exact) mass is 440 g/mol. The summed E-state index contributed by atoms with van der Waals surface area (Å²) in [7, 11) is 0. The molecule has 0 radical (unpaired) electrons. The molecule has 0 saturated carbocycles. The highest BCUT2D eigenvalue weighted by Crippen LogP contribution is 2.37. The number of rotatable bonds is 5. The lowest BCUT2D eigenvalue weighted by molar-refractivity contribution is -0.661. The lowest BCUT2D eigenvalue weighted by Gasteiger charge is -2.13. The van der Waals surface area contributed by atoms with Crippen molar-refractivity contribution < 1.29 is 14.1 Å². The number of ether oxygens (including phenoxy) is 1. The van der Waals surface area contributed by atoms with Crippen LogP contribution in [-0.2, 0) is 6.54 Å². The minimum absolute atomic E-state index is 0.0366. The van der Waals surface area contributed by atoms with E-state index in [2.05, 4.69) is 36.4 Å². The van der Waals surface area contributed by atoms with Crippen molar-refractivity contribution in [3.05, 3.63) is 127 Å². The predicted octanol–water partition coefficient (Wildman–Crippen LogP) is 7.11. The molecule has 1 aromatic heterocycles. The van der Waals surface area contributed by atoms with Gasteiger partial charge in [-0.3, -0.25) is 4.79 Å². The number of nitrogens with zero attached hydrogens (tertiary/aromatic N) is 1. The second-order valence-electron chi connectivity index (χ2n) is 8.36. The number of para-hydroxylation sites is 1. The van der Waals surface area contributed by atoms with Gasteiger partial charge in [0.1, 0.15) is 5.75 Å². The molecular formula is C31H22NO2+. The maximum absolute atomic E-state index is 13.2. The Morgan fingerprint density at radius 3 is 1.91 bits per heavy atom. The zero-order valence-corrected chi connectivity index (χ0v) is 18.5. The molecule has 0 saturated heterocycles. The standard InChI is InChI=1S/C31H22NO2/c33-29(23-11-2-1-3-12-23)21-32-28-17-9-6-10-22(28)18-19-30(32)34-31-26-15-7-4-13-24(26)20-25-14-5-8-16-27(25)31/h1-20H,21H2/q+1. The van der Waals surface area contributed by atoms with Crippen LogP contribution in [0, 0.1) is 0 Å². The molecule has 0 aliphatic carbocycles. The predicted molar refractivity (Wildman–Crippen MR) is 136 cm³/mol. The van der Waals surface area contributed by atoms with E-state index in [0.717, 1.165) is 38.2 Å². The van der Waals surface area contributed by atoms with Gasteiger partial charge in [-0.05, 0) is 29.0 Å². The van der Waals surface area contributed by atoms with Gasteiger partial charge in [-0.2, -0.15) is 4.57 Å². The molecule has 3 heteroatoms. The Kier molecular flexibility index (Phi) is 5.00. The Morgan fingerprint density at radius 1 is 0.618 bits per heavy atom. The van der Waals surface area contributed by atoms with Crippen molar-refractivity contribution in [1.82, 2.24) is 0 Å². The van der Waals surface area contributed by atoms with Crippen LogP contribution in [0.15, 0.2) is 121 Å². The molecule has 0 atom stereocenters. The molecule has 0 unspecified atom stereocenters. The van der Waals surface area contributed by atoms with Crippen molar-refractivity contribution >= 4 is 38.2 Å². The van der Waals surface area contributed by atoms with E-state index in [4.69, 9.17) is 4.74 Å². The Bertz CT molecular complexity index is 1620. The second-order valence-corrected chi connectivity index (χ2v) is 8.36. The van der Waals surface area contributed by atoms with Crippen LogP contribution in [0.1, 0.15) is 10.4 Å². The van der Waals surface area contributed by atoms with Gasteiger partial charge < -0.3 is 4.74 Å². The molecule has 162 valence electrons. The third kappa shape index (κ3) is 3.57. The van der Waals surface area contributed by atoms with E-state index in [1.54, 1.807) is 0 Å². The van der Waals surface area contributed by atoms with Gasteiger partial charge in [0, 0.05) is 27.8 Å². The number of hydrogen-bond donors (Lipinski definition) is 0. The van der Waals surface area contributed by atoms with Gasteiger partial charge in [-0.15, -0.1) is 0 Å². The summed E-state index contributed by atoms with van der Waals surface area (Å²) in [6, 6.07) is 40.1. The Hall–Kier alpha value is -4.50. The fraction of sp³-hybridized carbons (Fsp3) is 0.0323. The third-order valence-corrected chi connectivity index (χ3v) is 6.23. The molecule has 0 bridgehead atoms. The van der Waals surface area contributed by atoms with Crippen LogP contribution in [0.25, 0.3) is 32.4 Å². The summed E-state index contributed by atoms with van der Waals surface area (Å²) in [6.07, 6.45) is 0. The van der Waals surface area contributed by atoms with Crippen molar-refractivity contribution in [2.75, 3.05) is 0 Å². The molecule has 3 nitrogen and oxygen atoms in total. The minimum Gasteiger partial charge on any atom is -0.404 e. The largest absolute Gasteiger partial charge is 0.404 e. The molecule has 0 amide bonds. The second kappa shape index (κ2) is 8.45. The zero-order chi connectivity index (χ0) is 22.9. The van der Waals surface area contributed by atoms with Gasteiger partial charge in [-0.1, -0.05) is 91.0 Å². The fourth-order valence-electron chi connectivity index (χ4n) is 4.54. The topological polar surface area (TPSA) is 30.2 Å². The Balaban J connectivity index is 1.54. The molecule has 6 rings (SSSR count). The van der Waals surface area contributed by atoms with Crippen LogP contribution in [0.3, 0.4) is 0 Å². The highest BCUT2D eigenvalue weighted by atomic mass is 16.5. The van der Waals surface area contributed by atoms with Crippen LogP contribution >= 0.6 is 0 Å². The quantitative estimate of drug-likeness (QED) is 0.162. The van der Waals surface area contributed by atoms with Gasteiger partial charge in [0.05, 0.1) is 6.07 Å². The smallest absolute Gasteiger partial charge is 0.374 e. The van der Waals surface area contributed by atoms with Crippen molar-refractivity contribution in [3.8, 4) is 11.6 Å². The van der Waals surface area contributed by atoms with Crippen molar-refractivity contribution in [1.29, 1.82) is 0 Å². The SMILES string of the molecule is O=C(C[n+]1c(Oc2c3ccccc3cc3ccccc23)ccc2ccccc21)c1ccccc1. The Labute approximate surface area is 197 Å². The number of fused-ring (bicyclic) bond motifs is 3. The first-order chi connectivity index (χ1) is 16.8. The van der Waals surface area contributed by atoms with E-state index >= 15 is 0 Å². The van der Waals surface area contributed by atoms with Gasteiger partial charge in [0.2, 0.25) is 17.8 Å². The van der Waals surface area contributed by atoms with E-state index in [9.17, 15) is 4.79 Å². The van der Waals surface area contributed by atoms with E-state index < -0.39 is 0 Å². The van der Waals surface area contributed by atoms with Crippen LogP contribution in [-0.4, -0.2) is 5.78 Å². The molecule has 5 aromatic carbocycles. The summed E-state index contributed by atoms with van der Waals surface area (Å²) >= 11 is 0. The third-order valence-electron chi connectivity index (χ3n) is 6.23. The number of pyridine rings is 1. The number of carbonyl (C=O) groups is 1. The van der Waals surface area contributed by atoms with Gasteiger partial charge in [0.25, 0.3) is 0 Å². The average molecular weight is 441 g/mol. The molecule has 6 aromatic rings. The minimum atomic E-state index is 0.0366. The number of benzene rings is 5. The Morgan fingerprint density at radius 2 is 1.21 bits per heavy atom. The lowest BCUT2D eigenvalue weighted by Crippen LogP contribution is -2.40. The van der Waals surface area contributed by atoms with E-state index in [-0.39, 0.29) is 12.3 Å². The van der Waals surface area contributed by atoms with E-state index in [1.807, 2.05) is 89.5 Å². The maximum Gasteiger partial charge on any atom is 0.374 e. The summed E-state index contributed by atoms with van der Waals surface area (Å²) in [5.41, 5.74) is 1.64. The molecule has 0 aliphatic heterocycles. The van der Waals surface area contributed by atoms with Crippen molar-refractivity contribution in [3.63, 3.8) is 0 Å². The first-order valence-corrected chi connectivity index (χ1v) is 11.4. The maximum atomic E-state index is 13.2. The van der Waals surface area contributed by atoms with Crippen LogP contribution in [0.2, 0.25) is 0 Å². The summed E-state index contributed by atoms with van der Waals surface area (Å²) in [4.78, 5) is 13.2. The van der Waals surface area contributed by atoms with Crippen LogP contribution < -0.4 is 9.30 Å². The summed E-state index contributed by atoms with van der Waals surface area (Å²) < 4.78 is 8.67. The molecule has 0 spiro atoms. The zero-order valence-electron chi connectivity index (χ0n) is 18.5. The van der Waals surface area contributed by atoms with E-state index in [1.165, 1.54) is 0 Å². The molecule has 1 heterocycles. The molecule has 0 aliphatic rings. The summed E-state index contributed by atoms with van der Waals surface area (Å²) in [5, 5.41) is 5.36. The van der Waals surface area contributed by atoms with Gasteiger partial charge in [-0.25, -0.2) is 0 Å². The molecular weight excluding hydrogens is 418 g/mol. The molecule has 34 heavy (non-hydrogen) atoms. The highest BCUT2D eigenvalue weighted by Gasteiger charge is 2.23. The number of Topliss-reactive ketones (excluding diaryl/α,β-unsaturated/α-hetero) is 1. The van der Waals surface area contributed by atoms with Gasteiger partial charge >= 0.3 is 5.88 Å². The average Bonchev–Trinajstić information content (AvgIpc) is 2.90. The lowest BCUT2D eigenvalue weighted by atomic mass is 10.0. The number of ketones is 1. The first-order valence-electron chi connectivity index (χ1n) is 11.4. The highest BCUT2D eigenvalue weighted by molar-refractivity contribution is 6.05. The first kappa shape index (κ1) is 20.1. The fourth-order valence-corrected chi connectivity index (χ4v) is 4.54. The van der Waals surface area contributed by atoms with Crippen LogP contribution in [0.5, 0.6) is 11.6 Å². The number of carbonyl (C=O) groups excluding carboxylic acids is 1. The van der Waals surface area contributed by atoms with E-state index in [0.29, 0.717) is 11.4 Å². The number of hydrogen-bond acceptors (Lipinski definition) is 2. The van der Waals surface area contributed by atoms with Crippen molar-refractivity contribution in [2.45, 2.75) is 6.54 Å². The summed E-state index contributed by atoms with van der Waals surface area (Å²) in [6.45, 7) is 0.184. The van der Waals surface area contributed by atoms with Gasteiger partial charge in [0.15, 0.2) is 0 Å². The molecule has 0 N–H and O–H groups in total. The molecule has 0 fully saturated rings. The number of aromatic nitrogens is 1. The van der Waals surface area contributed by atoms with Crippen LogP contribution in [0.4, 0.5) is 0 Å².